The number of hydrogen-bond donors (Lipinski definition) is 0. The molecule has 0 spiro atoms. The number of hydrogen-bond acceptors (Lipinski definition) is 7. The summed E-state index contributed by atoms with van der Waals surface area (Å²) in [5.41, 5.74) is 0.594. The summed E-state index contributed by atoms with van der Waals surface area (Å²) < 4.78 is 31.3. The van der Waals surface area contributed by atoms with E-state index in [1.54, 1.807) is 22.8 Å². The Morgan fingerprint density at radius 3 is 2.56 bits per heavy atom. The summed E-state index contributed by atoms with van der Waals surface area (Å²) in [7, 11) is -2.12. The zero-order chi connectivity index (χ0) is 19.8. The van der Waals surface area contributed by atoms with Crippen LogP contribution in [0.15, 0.2) is 44.0 Å². The molecule has 0 aliphatic heterocycles. The highest BCUT2D eigenvalue weighted by atomic mass is 79.9. The molecule has 0 aliphatic rings. The molecule has 3 aromatic rings. The molecule has 11 heteroatoms. The highest BCUT2D eigenvalue weighted by molar-refractivity contribution is 9.11. The van der Waals surface area contributed by atoms with Crippen molar-refractivity contribution in [3.05, 3.63) is 43.8 Å². The maximum atomic E-state index is 12.4. The normalized spacial score (nSPS) is 12.5. The number of benzene rings is 1. The van der Waals surface area contributed by atoms with E-state index >= 15 is 0 Å². The molecule has 0 atom stereocenters. The second-order valence-electron chi connectivity index (χ2n) is 5.47. The first kappa shape index (κ1) is 19.9. The minimum absolute atomic E-state index is 0.144. The highest BCUT2D eigenvalue weighted by Crippen LogP contribution is 2.24. The Hall–Kier alpha value is -1.82. The Morgan fingerprint density at radius 1 is 1.22 bits per heavy atom. The van der Waals surface area contributed by atoms with E-state index in [0.717, 1.165) is 21.4 Å². The molecule has 0 saturated heterocycles. The number of halogens is 1. The van der Waals surface area contributed by atoms with Gasteiger partial charge in [0.2, 0.25) is 0 Å². The first-order chi connectivity index (χ1) is 12.7. The van der Waals surface area contributed by atoms with Gasteiger partial charge in [0, 0.05) is 6.26 Å². The molecule has 0 bridgehead atoms. The summed E-state index contributed by atoms with van der Waals surface area (Å²) in [5, 5.41) is 0. The molecule has 27 heavy (non-hydrogen) atoms. The number of aromatic nitrogens is 1. The zero-order valence-electron chi connectivity index (χ0n) is 14.1. The summed E-state index contributed by atoms with van der Waals surface area (Å²) >= 11 is 5.68. The van der Waals surface area contributed by atoms with Gasteiger partial charge in [-0.25, -0.2) is 8.42 Å². The van der Waals surface area contributed by atoms with Crippen molar-refractivity contribution in [2.24, 2.45) is 4.99 Å². The molecule has 0 N–H and O–H groups in total. The zero-order valence-corrected chi connectivity index (χ0v) is 18.2. The number of carbonyl (C=O) groups is 2. The van der Waals surface area contributed by atoms with Crippen LogP contribution < -0.4 is 4.80 Å². The number of carbonyl (C=O) groups excluding carboxylic acids is 2. The third kappa shape index (κ3) is 4.37. The topological polar surface area (TPSA) is 94.8 Å². The van der Waals surface area contributed by atoms with Crippen LogP contribution in [0.3, 0.4) is 0 Å². The average Bonchev–Trinajstić information content (AvgIpc) is 3.17. The third-order valence-corrected chi connectivity index (χ3v) is 7.34. The predicted molar refractivity (Wildman–Crippen MR) is 107 cm³/mol. The van der Waals surface area contributed by atoms with Gasteiger partial charge in [0.15, 0.2) is 14.6 Å². The largest absolute Gasteiger partial charge is 0.468 e. The molecule has 2 heterocycles. The lowest BCUT2D eigenvalue weighted by molar-refractivity contribution is -0.141. The monoisotopic (exact) mass is 488 g/mol. The summed E-state index contributed by atoms with van der Waals surface area (Å²) in [6.07, 6.45) is 1.12. The maximum absolute atomic E-state index is 12.4. The molecule has 3 rings (SSSR count). The highest BCUT2D eigenvalue weighted by Gasteiger charge is 2.16. The van der Waals surface area contributed by atoms with Crippen molar-refractivity contribution in [1.82, 2.24) is 4.57 Å². The van der Waals surface area contributed by atoms with Gasteiger partial charge in [-0.2, -0.15) is 4.99 Å². The summed E-state index contributed by atoms with van der Waals surface area (Å²) in [6, 6.07) is 7.96. The summed E-state index contributed by atoms with van der Waals surface area (Å²) in [4.78, 5) is 29.3. The van der Waals surface area contributed by atoms with Crippen molar-refractivity contribution in [3.8, 4) is 0 Å². The molecule has 142 valence electrons. The lowest BCUT2D eigenvalue weighted by Gasteiger charge is -2.04. The van der Waals surface area contributed by atoms with Crippen LogP contribution in [-0.4, -0.2) is 38.2 Å². The lowest BCUT2D eigenvalue weighted by atomic mass is 10.3. The predicted octanol–water partition coefficient (Wildman–Crippen LogP) is 2.84. The van der Waals surface area contributed by atoms with Gasteiger partial charge in [0.05, 0.1) is 30.9 Å². The van der Waals surface area contributed by atoms with Crippen LogP contribution in [-0.2, 0) is 25.9 Å². The van der Waals surface area contributed by atoms with Crippen LogP contribution in [0, 0.1) is 0 Å². The number of amides is 1. The molecule has 0 saturated carbocycles. The number of ether oxygens (including phenoxy) is 1. The van der Waals surface area contributed by atoms with Gasteiger partial charge < -0.3 is 9.30 Å². The molecule has 0 fully saturated rings. The molecule has 7 nitrogen and oxygen atoms in total. The van der Waals surface area contributed by atoms with Crippen LogP contribution >= 0.6 is 38.6 Å². The molecule has 1 aromatic carbocycles. The number of esters is 1. The number of rotatable bonds is 4. The smallest absolute Gasteiger partial charge is 0.325 e. The Kier molecular flexibility index (Phi) is 5.65. The molecule has 0 radical (unpaired) electrons. The first-order valence-corrected chi connectivity index (χ1v) is 11.8. The van der Waals surface area contributed by atoms with Crippen molar-refractivity contribution in [2.45, 2.75) is 11.4 Å². The van der Waals surface area contributed by atoms with E-state index in [2.05, 4.69) is 20.9 Å². The minimum atomic E-state index is -3.38. The van der Waals surface area contributed by atoms with E-state index in [9.17, 15) is 18.0 Å². The quantitative estimate of drug-likeness (QED) is 0.526. The van der Waals surface area contributed by atoms with Gasteiger partial charge in [-0.1, -0.05) is 11.3 Å². The Bertz CT molecular complexity index is 1220. The van der Waals surface area contributed by atoms with Crippen LogP contribution in [0.1, 0.15) is 9.67 Å². The molecule has 2 aromatic heterocycles. The van der Waals surface area contributed by atoms with Crippen molar-refractivity contribution in [2.75, 3.05) is 13.4 Å². The van der Waals surface area contributed by atoms with Crippen molar-refractivity contribution < 1.29 is 22.7 Å². The summed E-state index contributed by atoms with van der Waals surface area (Å²) in [5.74, 6) is -0.950. The second kappa shape index (κ2) is 7.66. The van der Waals surface area contributed by atoms with Crippen molar-refractivity contribution >= 4 is 70.5 Å². The fourth-order valence-electron chi connectivity index (χ4n) is 2.29. The van der Waals surface area contributed by atoms with Crippen molar-refractivity contribution in [3.63, 3.8) is 0 Å². The third-order valence-electron chi connectivity index (χ3n) is 3.58. The Morgan fingerprint density at radius 2 is 1.96 bits per heavy atom. The van der Waals surface area contributed by atoms with Crippen molar-refractivity contribution in [1.29, 1.82) is 0 Å². The first-order valence-electron chi connectivity index (χ1n) is 7.43. The molecular formula is C16H13BrN2O5S3. The Labute approximate surface area is 171 Å². The van der Waals surface area contributed by atoms with Crippen LogP contribution in [0.5, 0.6) is 0 Å². The number of sulfone groups is 1. The number of methoxy groups -OCH3 is 1. The number of fused-ring (bicyclic) bond motifs is 1. The van der Waals surface area contributed by atoms with E-state index in [1.807, 2.05) is 0 Å². The van der Waals surface area contributed by atoms with E-state index in [1.165, 1.54) is 30.6 Å². The SMILES string of the molecule is COC(=O)Cn1c(=NC(=O)c2ccc(Br)s2)sc2cc(S(C)(=O)=O)ccc21. The van der Waals surface area contributed by atoms with Gasteiger partial charge in [-0.05, 0) is 46.3 Å². The molecule has 0 unspecified atom stereocenters. The van der Waals surface area contributed by atoms with Crippen LogP contribution in [0.2, 0.25) is 0 Å². The van der Waals surface area contributed by atoms with Gasteiger partial charge in [0.1, 0.15) is 6.54 Å². The fraction of sp³-hybridized carbons (Fsp3) is 0.188. The second-order valence-corrected chi connectivity index (χ2v) is 11.0. The average molecular weight is 489 g/mol. The lowest BCUT2D eigenvalue weighted by Crippen LogP contribution is -2.22. The number of thiophene rings is 1. The fourth-order valence-corrected chi connectivity index (χ4v) is 5.35. The summed E-state index contributed by atoms with van der Waals surface area (Å²) in [6.45, 7) is -0.144. The van der Waals surface area contributed by atoms with E-state index in [4.69, 9.17) is 4.74 Å². The van der Waals surface area contributed by atoms with Gasteiger partial charge in [-0.3, -0.25) is 9.59 Å². The van der Waals surface area contributed by atoms with Crippen LogP contribution in [0.4, 0.5) is 0 Å². The molecule has 0 aliphatic carbocycles. The maximum Gasteiger partial charge on any atom is 0.325 e. The minimum Gasteiger partial charge on any atom is -0.468 e. The number of nitrogens with zero attached hydrogens (tertiary/aromatic N) is 2. The Balaban J connectivity index is 2.19. The standard InChI is InChI=1S/C16H13BrN2O5S3/c1-24-14(20)8-19-10-4-3-9(27(2,22)23)7-12(10)26-16(19)18-15(21)11-5-6-13(17)25-11/h3-7H,8H2,1-2H3. The molecular weight excluding hydrogens is 476 g/mol. The van der Waals surface area contributed by atoms with Crippen LogP contribution in [0.25, 0.3) is 10.2 Å². The van der Waals surface area contributed by atoms with E-state index in [-0.39, 0.29) is 16.2 Å². The van der Waals surface area contributed by atoms with Gasteiger partial charge in [-0.15, -0.1) is 11.3 Å². The number of thiazole rings is 1. The molecule has 1 amide bonds. The van der Waals surface area contributed by atoms with Gasteiger partial charge in [0.25, 0.3) is 5.91 Å². The van der Waals surface area contributed by atoms with E-state index in [0.29, 0.717) is 15.1 Å². The van der Waals surface area contributed by atoms with E-state index < -0.39 is 21.7 Å². The van der Waals surface area contributed by atoms with Gasteiger partial charge >= 0.3 is 5.97 Å².